The van der Waals surface area contributed by atoms with Gasteiger partial charge >= 0.3 is 50.0 Å². The van der Waals surface area contributed by atoms with Crippen LogP contribution >= 0.6 is 38.4 Å². The van der Waals surface area contributed by atoms with Crippen LogP contribution in [0.2, 0.25) is 0 Å². The van der Waals surface area contributed by atoms with Crippen molar-refractivity contribution in [3.63, 3.8) is 0 Å². The van der Waals surface area contributed by atoms with Crippen LogP contribution in [0.15, 0.2) is 0 Å². The van der Waals surface area contributed by atoms with E-state index in [0.29, 0.717) is 11.7 Å². The Morgan fingerprint density at radius 3 is 1.00 bits per heavy atom. The first kappa shape index (κ1) is 16.1. The van der Waals surface area contributed by atoms with Gasteiger partial charge in [0.25, 0.3) is 0 Å². The maximum atomic E-state index is 3.25. The van der Waals surface area contributed by atoms with Crippen LogP contribution < -0.4 is 0 Å². The first-order valence-corrected chi connectivity index (χ1v) is 11.9. The van der Waals surface area contributed by atoms with Gasteiger partial charge in [0.1, 0.15) is 0 Å². The van der Waals surface area contributed by atoms with Crippen molar-refractivity contribution in [1.29, 1.82) is 0 Å². The van der Waals surface area contributed by atoms with Gasteiger partial charge in [-0.1, -0.05) is 0 Å². The van der Waals surface area contributed by atoms with Crippen molar-refractivity contribution in [3.05, 3.63) is 13.8 Å². The fraction of sp³-hybridized carbons (Fsp3) is 0.500. The minimum absolute atomic E-state index is 0.440. The van der Waals surface area contributed by atoms with Gasteiger partial charge in [-0.15, -0.1) is 0 Å². The first-order chi connectivity index (χ1) is 3.41. The molecule has 0 heterocycles. The van der Waals surface area contributed by atoms with Crippen LogP contribution in [0.5, 0.6) is 0 Å². The zero-order valence-corrected chi connectivity index (χ0v) is 10.5. The summed E-state index contributed by atoms with van der Waals surface area (Å²) in [7, 11) is 0. The quantitative estimate of drug-likeness (QED) is 0.353. The Morgan fingerprint density at radius 2 is 1.00 bits per heavy atom. The van der Waals surface area contributed by atoms with Crippen molar-refractivity contribution in [2.24, 2.45) is 0 Å². The van der Waals surface area contributed by atoms with Crippen LogP contribution in [0.3, 0.4) is 0 Å². The van der Waals surface area contributed by atoms with E-state index in [2.05, 4.69) is 52.2 Å². The molecular weight excluding hydrogens is 350 g/mol. The van der Waals surface area contributed by atoms with E-state index < -0.39 is 0 Å². The fourth-order valence-electron chi connectivity index (χ4n) is 0. The normalized spacial score (nSPS) is 3.71. The van der Waals surface area contributed by atoms with Gasteiger partial charge in [-0.2, -0.15) is 13.8 Å². The molecule has 0 fully saturated rings. The predicted molar refractivity (Wildman–Crippen MR) is 50.1 cm³/mol. The Morgan fingerprint density at radius 1 is 1.00 bits per heavy atom. The van der Waals surface area contributed by atoms with Crippen molar-refractivity contribution in [2.45, 2.75) is 13.8 Å². The van der Waals surface area contributed by atoms with Crippen molar-refractivity contribution >= 4 is 38.4 Å². The van der Waals surface area contributed by atoms with E-state index in [1.165, 1.54) is 0 Å². The van der Waals surface area contributed by atoms with Gasteiger partial charge in [-0.3, -0.25) is 0 Å². The SMILES string of the molecule is [CH2-]C.[CH2-]C.[I][Ti][I]. The summed E-state index contributed by atoms with van der Waals surface area (Å²) in [6.45, 7) is 10.0. The molecule has 0 N–H and O–H groups in total. The topological polar surface area (TPSA) is 0 Å². The van der Waals surface area contributed by atoms with Crippen LogP contribution in [0.4, 0.5) is 0 Å². The van der Waals surface area contributed by atoms with E-state index in [1.807, 2.05) is 0 Å². The monoisotopic (exact) mass is 360 g/mol. The Hall–Kier alpha value is 2.17. The van der Waals surface area contributed by atoms with E-state index in [1.54, 1.807) is 13.8 Å². The van der Waals surface area contributed by atoms with E-state index in [4.69, 9.17) is 0 Å². The van der Waals surface area contributed by atoms with Gasteiger partial charge in [0.15, 0.2) is 0 Å². The number of hydrogen-bond acceptors (Lipinski definition) is 0. The molecule has 46 valence electrons. The van der Waals surface area contributed by atoms with E-state index >= 15 is 0 Å². The second kappa shape index (κ2) is 41.8. The molecule has 0 aliphatic carbocycles. The van der Waals surface area contributed by atoms with Gasteiger partial charge in [0.05, 0.1) is 0 Å². The van der Waals surface area contributed by atoms with Crippen LogP contribution in [-0.2, 0) is 11.7 Å². The van der Waals surface area contributed by atoms with Crippen LogP contribution in [0, 0.1) is 13.8 Å². The zero-order chi connectivity index (χ0) is 6.71. The number of hydrogen-bond donors (Lipinski definition) is 0. The summed E-state index contributed by atoms with van der Waals surface area (Å²) in [5, 5.41) is 0. The molecule has 3 heteroatoms. The molecule has 0 spiro atoms. The van der Waals surface area contributed by atoms with Gasteiger partial charge in [0, 0.05) is 0 Å². The van der Waals surface area contributed by atoms with Crippen molar-refractivity contribution in [2.75, 3.05) is 0 Å². The summed E-state index contributed by atoms with van der Waals surface area (Å²) < 4.78 is 0. The first-order valence-electron chi connectivity index (χ1n) is 1.79. The molecule has 0 nitrogen and oxygen atoms in total. The molecule has 0 rings (SSSR count). The minimum atomic E-state index is 0.440. The van der Waals surface area contributed by atoms with Crippen LogP contribution in [0.1, 0.15) is 13.8 Å². The maximum absolute atomic E-state index is 3.25. The van der Waals surface area contributed by atoms with E-state index in [-0.39, 0.29) is 0 Å². The van der Waals surface area contributed by atoms with E-state index in [0.717, 1.165) is 0 Å². The van der Waals surface area contributed by atoms with Gasteiger partial charge in [0.2, 0.25) is 0 Å². The Kier molecular flexibility index (Phi) is 95.9. The number of halogens is 2. The van der Waals surface area contributed by atoms with E-state index in [9.17, 15) is 0 Å². The fourth-order valence-corrected chi connectivity index (χ4v) is 0. The summed E-state index contributed by atoms with van der Waals surface area (Å²) in [4.78, 5) is 0. The molecule has 7 heavy (non-hydrogen) atoms. The Labute approximate surface area is 76.5 Å². The van der Waals surface area contributed by atoms with Gasteiger partial charge < -0.3 is 13.8 Å². The molecule has 0 aromatic carbocycles. The molecule has 0 amide bonds. The third kappa shape index (κ3) is 65.9. The molecule has 0 bridgehead atoms. The van der Waals surface area contributed by atoms with Crippen molar-refractivity contribution < 1.29 is 11.7 Å². The van der Waals surface area contributed by atoms with Gasteiger partial charge in [-0.05, 0) is 0 Å². The van der Waals surface area contributed by atoms with Crippen LogP contribution in [0.25, 0.3) is 0 Å². The Balaban J connectivity index is -0.0000000360. The standard InChI is InChI=1S/2C2H5.2HI.Ti/c2*1-2;;;/h2*1H2,2H3;2*1H;/q2*-1;;;+2/p-2. The zero-order valence-electron chi connectivity index (χ0n) is 4.67. The summed E-state index contributed by atoms with van der Waals surface area (Å²) in [5.74, 6) is 0. The molecule has 0 atom stereocenters. The predicted octanol–water partition coefficient (Wildman–Crippen LogP) is 3.45. The molecule has 0 saturated heterocycles. The summed E-state index contributed by atoms with van der Waals surface area (Å²) in [6, 6.07) is 0. The second-order valence-corrected chi connectivity index (χ2v) is 13.3. The molecule has 0 aliphatic rings. The molecule has 0 aromatic rings. The summed E-state index contributed by atoms with van der Waals surface area (Å²) in [5.41, 5.74) is 0. The molecule has 0 saturated carbocycles. The van der Waals surface area contributed by atoms with Crippen LogP contribution in [-0.4, -0.2) is 0 Å². The molecular formula is C4H10I2Ti-2. The molecule has 0 unspecified atom stereocenters. The van der Waals surface area contributed by atoms with Crippen molar-refractivity contribution in [3.8, 4) is 0 Å². The third-order valence-electron chi connectivity index (χ3n) is 0. The third-order valence-corrected chi connectivity index (χ3v) is 0. The number of rotatable bonds is 0. The molecule has 0 aliphatic heterocycles. The average molecular weight is 360 g/mol. The summed E-state index contributed by atoms with van der Waals surface area (Å²) >= 11 is 5.24. The average Bonchev–Trinajstić information content (AvgIpc) is 1.78. The van der Waals surface area contributed by atoms with Gasteiger partial charge in [-0.25, -0.2) is 0 Å². The molecule has 0 radical (unpaired) electrons. The molecule has 0 aromatic heterocycles. The van der Waals surface area contributed by atoms with Crippen molar-refractivity contribution in [1.82, 2.24) is 0 Å². The second-order valence-electron chi connectivity index (χ2n) is 0.0714. The Bertz CT molecular complexity index is 9.65. The summed E-state index contributed by atoms with van der Waals surface area (Å²) in [6.07, 6.45) is 0.